The lowest BCUT2D eigenvalue weighted by Crippen LogP contribution is -2.49. The second-order valence-corrected chi connectivity index (χ2v) is 6.69. The molecule has 0 heterocycles. The van der Waals surface area contributed by atoms with E-state index in [0.717, 1.165) is 5.92 Å². The van der Waals surface area contributed by atoms with Gasteiger partial charge in [0.25, 0.3) is 0 Å². The van der Waals surface area contributed by atoms with Crippen molar-refractivity contribution in [3.8, 4) is 0 Å². The normalized spacial score (nSPS) is 33.1. The summed E-state index contributed by atoms with van der Waals surface area (Å²) in [5.41, 5.74) is 0. The lowest BCUT2D eigenvalue weighted by Gasteiger charge is -2.43. The molecule has 2 saturated carbocycles. The molecule has 0 aliphatic heterocycles. The Morgan fingerprint density at radius 3 is 2.44 bits per heavy atom. The minimum Gasteiger partial charge on any atom is -0.480 e. The molecule has 3 heteroatoms. The molecule has 0 bridgehead atoms. The molecule has 2 aliphatic rings. The minimum atomic E-state index is -0.664. The van der Waals surface area contributed by atoms with Crippen molar-refractivity contribution in [3.63, 3.8) is 0 Å². The van der Waals surface area contributed by atoms with Crippen LogP contribution in [-0.4, -0.2) is 34.6 Å². The highest BCUT2D eigenvalue weighted by molar-refractivity contribution is 5.69. The number of hydrogen-bond acceptors (Lipinski definition) is 2. The Hall–Kier alpha value is -0.570. The zero-order chi connectivity index (χ0) is 13.3. The zero-order valence-corrected chi connectivity index (χ0v) is 11.9. The SMILES string of the molecule is CC1CCC(C(C)C)C(N(CC(=O)O)C2CC2)C1. The molecule has 18 heavy (non-hydrogen) atoms. The maximum atomic E-state index is 11.1. The number of aliphatic carboxylic acids is 1. The summed E-state index contributed by atoms with van der Waals surface area (Å²) in [7, 11) is 0. The molecule has 3 nitrogen and oxygen atoms in total. The van der Waals surface area contributed by atoms with Crippen molar-refractivity contribution in [1.29, 1.82) is 0 Å². The second kappa shape index (κ2) is 5.60. The van der Waals surface area contributed by atoms with E-state index in [1.54, 1.807) is 0 Å². The Bertz CT molecular complexity index is 299. The quantitative estimate of drug-likeness (QED) is 0.819. The number of rotatable bonds is 5. The van der Waals surface area contributed by atoms with Crippen molar-refractivity contribution in [3.05, 3.63) is 0 Å². The molecule has 3 atom stereocenters. The predicted octanol–water partition coefficient (Wildman–Crippen LogP) is 3.00. The molecule has 1 N–H and O–H groups in total. The van der Waals surface area contributed by atoms with Gasteiger partial charge in [-0.25, -0.2) is 0 Å². The first-order valence-corrected chi connectivity index (χ1v) is 7.46. The van der Waals surface area contributed by atoms with Crippen LogP contribution in [0.15, 0.2) is 0 Å². The van der Waals surface area contributed by atoms with Gasteiger partial charge in [-0.15, -0.1) is 0 Å². The first-order chi connectivity index (χ1) is 8.49. The zero-order valence-electron chi connectivity index (χ0n) is 11.9. The Kier molecular flexibility index (Phi) is 4.31. The van der Waals surface area contributed by atoms with Crippen LogP contribution in [0.2, 0.25) is 0 Å². The van der Waals surface area contributed by atoms with Crippen LogP contribution in [0.3, 0.4) is 0 Å². The van der Waals surface area contributed by atoms with E-state index in [0.29, 0.717) is 23.9 Å². The number of carbonyl (C=O) groups is 1. The van der Waals surface area contributed by atoms with Crippen LogP contribution in [0, 0.1) is 17.8 Å². The number of nitrogens with zero attached hydrogens (tertiary/aromatic N) is 1. The fourth-order valence-corrected chi connectivity index (χ4v) is 3.61. The van der Waals surface area contributed by atoms with E-state index in [-0.39, 0.29) is 6.54 Å². The average Bonchev–Trinajstić information content (AvgIpc) is 3.08. The Morgan fingerprint density at radius 2 is 1.94 bits per heavy atom. The molecule has 0 saturated heterocycles. The third-order valence-electron chi connectivity index (χ3n) is 4.75. The summed E-state index contributed by atoms with van der Waals surface area (Å²) < 4.78 is 0. The Labute approximate surface area is 111 Å². The topological polar surface area (TPSA) is 40.5 Å². The highest BCUT2D eigenvalue weighted by Crippen LogP contribution is 2.40. The van der Waals surface area contributed by atoms with Crippen LogP contribution >= 0.6 is 0 Å². The monoisotopic (exact) mass is 253 g/mol. The van der Waals surface area contributed by atoms with E-state index in [1.807, 2.05) is 0 Å². The molecule has 3 unspecified atom stereocenters. The van der Waals surface area contributed by atoms with Crippen molar-refractivity contribution in [2.75, 3.05) is 6.54 Å². The summed E-state index contributed by atoms with van der Waals surface area (Å²) in [6.45, 7) is 7.14. The fraction of sp³-hybridized carbons (Fsp3) is 0.933. The van der Waals surface area contributed by atoms with Gasteiger partial charge in [0.1, 0.15) is 0 Å². The molecular weight excluding hydrogens is 226 g/mol. The molecule has 0 radical (unpaired) electrons. The lowest BCUT2D eigenvalue weighted by atomic mass is 9.73. The van der Waals surface area contributed by atoms with E-state index in [4.69, 9.17) is 5.11 Å². The van der Waals surface area contributed by atoms with Crippen molar-refractivity contribution in [2.45, 2.75) is 65.0 Å². The van der Waals surface area contributed by atoms with Crippen LogP contribution in [0.1, 0.15) is 52.9 Å². The first kappa shape index (κ1) is 13.9. The third-order valence-corrected chi connectivity index (χ3v) is 4.75. The van der Waals surface area contributed by atoms with Crippen molar-refractivity contribution >= 4 is 5.97 Å². The van der Waals surface area contributed by atoms with Gasteiger partial charge in [0.15, 0.2) is 0 Å². The summed E-state index contributed by atoms with van der Waals surface area (Å²) in [6.07, 6.45) is 6.16. The first-order valence-electron chi connectivity index (χ1n) is 7.46. The van der Waals surface area contributed by atoms with Gasteiger partial charge in [-0.05, 0) is 43.4 Å². The molecule has 2 rings (SSSR count). The molecule has 2 fully saturated rings. The third kappa shape index (κ3) is 3.25. The summed E-state index contributed by atoms with van der Waals surface area (Å²) in [4.78, 5) is 13.4. The lowest BCUT2D eigenvalue weighted by molar-refractivity contribution is -0.140. The summed E-state index contributed by atoms with van der Waals surface area (Å²) >= 11 is 0. The van der Waals surface area contributed by atoms with Gasteiger partial charge in [-0.3, -0.25) is 9.69 Å². The molecule has 2 aliphatic carbocycles. The highest BCUT2D eigenvalue weighted by Gasteiger charge is 2.41. The summed E-state index contributed by atoms with van der Waals surface area (Å²) in [6, 6.07) is 1.05. The van der Waals surface area contributed by atoms with Crippen LogP contribution in [0.4, 0.5) is 0 Å². The Balaban J connectivity index is 2.10. The number of carboxylic acids is 1. The van der Waals surface area contributed by atoms with Crippen LogP contribution in [0.25, 0.3) is 0 Å². The largest absolute Gasteiger partial charge is 0.480 e. The molecule has 104 valence electrons. The molecule has 0 aromatic carbocycles. The number of hydrogen-bond donors (Lipinski definition) is 1. The van der Waals surface area contributed by atoms with E-state index >= 15 is 0 Å². The average molecular weight is 253 g/mol. The molecular formula is C15H27NO2. The smallest absolute Gasteiger partial charge is 0.317 e. The fourth-order valence-electron chi connectivity index (χ4n) is 3.61. The maximum Gasteiger partial charge on any atom is 0.317 e. The van der Waals surface area contributed by atoms with E-state index < -0.39 is 5.97 Å². The number of carboxylic acid groups (broad SMARTS) is 1. The van der Waals surface area contributed by atoms with Crippen LogP contribution in [-0.2, 0) is 4.79 Å². The molecule has 0 aromatic heterocycles. The predicted molar refractivity (Wildman–Crippen MR) is 72.5 cm³/mol. The van der Waals surface area contributed by atoms with Crippen LogP contribution < -0.4 is 0 Å². The second-order valence-electron chi connectivity index (χ2n) is 6.69. The van der Waals surface area contributed by atoms with Gasteiger partial charge in [0, 0.05) is 12.1 Å². The van der Waals surface area contributed by atoms with Crippen molar-refractivity contribution in [2.24, 2.45) is 17.8 Å². The van der Waals surface area contributed by atoms with E-state index in [1.165, 1.54) is 32.1 Å². The van der Waals surface area contributed by atoms with Gasteiger partial charge in [0.05, 0.1) is 6.54 Å². The van der Waals surface area contributed by atoms with Gasteiger partial charge in [0.2, 0.25) is 0 Å². The van der Waals surface area contributed by atoms with Crippen molar-refractivity contribution in [1.82, 2.24) is 4.90 Å². The Morgan fingerprint density at radius 1 is 1.28 bits per heavy atom. The summed E-state index contributed by atoms with van der Waals surface area (Å²) in [5.74, 6) is 1.43. The van der Waals surface area contributed by atoms with Crippen molar-refractivity contribution < 1.29 is 9.90 Å². The van der Waals surface area contributed by atoms with E-state index in [2.05, 4.69) is 25.7 Å². The van der Waals surface area contributed by atoms with Gasteiger partial charge in [-0.2, -0.15) is 0 Å². The molecule has 0 aromatic rings. The highest BCUT2D eigenvalue weighted by atomic mass is 16.4. The molecule has 0 amide bonds. The molecule has 0 spiro atoms. The summed E-state index contributed by atoms with van der Waals surface area (Å²) in [5, 5.41) is 9.14. The van der Waals surface area contributed by atoms with Gasteiger partial charge >= 0.3 is 5.97 Å². The van der Waals surface area contributed by atoms with E-state index in [9.17, 15) is 4.79 Å². The van der Waals surface area contributed by atoms with Gasteiger partial charge in [-0.1, -0.05) is 27.2 Å². The van der Waals surface area contributed by atoms with Gasteiger partial charge < -0.3 is 5.11 Å². The maximum absolute atomic E-state index is 11.1. The van der Waals surface area contributed by atoms with Crippen LogP contribution in [0.5, 0.6) is 0 Å². The minimum absolute atomic E-state index is 0.241. The standard InChI is InChI=1S/C15H27NO2/c1-10(2)13-7-4-11(3)8-14(13)16(9-15(17)18)12-5-6-12/h10-14H,4-9H2,1-3H3,(H,17,18).